The molecule has 8 N–H and O–H groups in total. The number of nitrogens with zero attached hydrogens (tertiary/aromatic N) is 2. The molecule has 2 aliphatic heterocycles. The van der Waals surface area contributed by atoms with Gasteiger partial charge in [0.2, 0.25) is 0 Å². The molecule has 2 aromatic carbocycles. The van der Waals surface area contributed by atoms with Crippen LogP contribution in [0.1, 0.15) is 67.8 Å². The van der Waals surface area contributed by atoms with Crippen LogP contribution in [0.2, 0.25) is 0 Å². The molecule has 24 nitrogen and oxygen atoms in total. The third-order valence-electron chi connectivity index (χ3n) is 11.2. The number of esters is 2. The van der Waals surface area contributed by atoms with Crippen molar-refractivity contribution in [3.63, 3.8) is 0 Å². The number of aliphatic hydroxyl groups excluding tert-OH is 2. The van der Waals surface area contributed by atoms with Crippen LogP contribution >= 0.6 is 15.2 Å². The van der Waals surface area contributed by atoms with E-state index in [1.54, 1.807) is 102 Å². The van der Waals surface area contributed by atoms with Crippen LogP contribution < -0.4 is 43.0 Å². The molecule has 26 heteroatoms. The number of aromatic nitrogens is 4. The maximum atomic E-state index is 13.7. The Kier molecular flexibility index (Phi) is 19.1. The molecular formula is C46H64N6O18P2. The van der Waals surface area contributed by atoms with Crippen molar-refractivity contribution in [1.82, 2.24) is 19.1 Å². The number of benzene rings is 2. The van der Waals surface area contributed by atoms with E-state index in [0.29, 0.717) is 0 Å². The molecule has 2 aromatic heterocycles. The van der Waals surface area contributed by atoms with Crippen LogP contribution in [0.3, 0.4) is 0 Å². The van der Waals surface area contributed by atoms with Crippen LogP contribution in [0.15, 0.2) is 104 Å². The van der Waals surface area contributed by atoms with Crippen LogP contribution in [0.5, 0.6) is 11.5 Å². The molecule has 0 saturated carbocycles. The molecular weight excluding hydrogens is 986 g/mol. The van der Waals surface area contributed by atoms with Crippen LogP contribution in [0.25, 0.3) is 0 Å². The minimum atomic E-state index is -3.97. The first kappa shape index (κ1) is 57.4. The summed E-state index contributed by atoms with van der Waals surface area (Å²) in [7, 11) is -7.94. The summed E-state index contributed by atoms with van der Waals surface area (Å²) in [5.74, 6) is -2.23. The van der Waals surface area contributed by atoms with Crippen molar-refractivity contribution in [2.45, 2.75) is 116 Å². The second-order valence-corrected chi connectivity index (χ2v) is 22.5. The van der Waals surface area contributed by atoms with E-state index in [4.69, 9.17) is 48.5 Å². The Morgan fingerprint density at radius 2 is 0.958 bits per heavy atom. The smallest absolute Gasteiger partial charge is 0.380 e. The van der Waals surface area contributed by atoms with Crippen molar-refractivity contribution in [2.24, 2.45) is 23.3 Å². The van der Waals surface area contributed by atoms with Gasteiger partial charge in [0.05, 0.1) is 60.7 Å². The number of H-pyrrole nitrogens is 2. The summed E-state index contributed by atoms with van der Waals surface area (Å²) < 4.78 is 74.3. The zero-order chi connectivity index (χ0) is 53.3. The summed E-state index contributed by atoms with van der Waals surface area (Å²) in [6, 6.07) is 18.8. The maximum absolute atomic E-state index is 13.7. The van der Waals surface area contributed by atoms with Crippen LogP contribution in [0.4, 0.5) is 0 Å². The molecule has 2 aliphatic rings. The number of aliphatic hydroxyl groups is 2. The van der Waals surface area contributed by atoms with Gasteiger partial charge in [-0.15, -0.1) is 0 Å². The predicted molar refractivity (Wildman–Crippen MR) is 259 cm³/mol. The molecule has 2 unspecified atom stereocenters. The van der Waals surface area contributed by atoms with Gasteiger partial charge in [-0.25, -0.2) is 18.7 Å². The second kappa shape index (κ2) is 24.0. The number of ether oxygens (including phenoxy) is 4. The zero-order valence-corrected chi connectivity index (χ0v) is 42.8. The van der Waals surface area contributed by atoms with Gasteiger partial charge in [-0.1, -0.05) is 50.2 Å². The minimum absolute atomic E-state index is 0.263. The van der Waals surface area contributed by atoms with E-state index >= 15 is 0 Å². The van der Waals surface area contributed by atoms with Crippen molar-refractivity contribution in [2.75, 3.05) is 25.5 Å². The molecule has 0 bridgehead atoms. The number of hydrogen-bond donors (Lipinski definition) is 6. The summed E-state index contributed by atoms with van der Waals surface area (Å²) >= 11 is 0. The van der Waals surface area contributed by atoms with Gasteiger partial charge in [-0.05, 0) is 65.8 Å². The standard InChI is InChI=1S/2C23H32N3O9P/c2*1-14(2)33-20(29)15(3)13-36(31,35-16-8-6-5-7-9-16)32-12-17-19(28)23(4,24)21(34-17)26-11-10-18(27)25-22(26)30/h2*5-11,14-15,17,19,21,28H,12-13,24H2,1-4H3,(H,25,27,30)/t2*15-,17-,19-,21-,23-,36?/m11/s1. The molecule has 396 valence electrons. The highest BCUT2D eigenvalue weighted by Gasteiger charge is 2.54. The summed E-state index contributed by atoms with van der Waals surface area (Å²) in [5, 5.41) is 21.7. The average molecular weight is 1050 g/mol. The number of carbonyl (C=O) groups excluding carboxylic acids is 2. The number of hydrogen-bond acceptors (Lipinski definition) is 20. The third-order valence-corrected chi connectivity index (χ3v) is 15.3. The third kappa shape index (κ3) is 14.8. The lowest BCUT2D eigenvalue weighted by Gasteiger charge is -2.28. The van der Waals surface area contributed by atoms with E-state index in [1.165, 1.54) is 26.2 Å². The highest BCUT2D eigenvalue weighted by atomic mass is 31.2. The van der Waals surface area contributed by atoms with E-state index in [2.05, 4.69) is 9.97 Å². The fourth-order valence-corrected chi connectivity index (χ4v) is 11.2. The average Bonchev–Trinajstić information content (AvgIpc) is 3.66. The summed E-state index contributed by atoms with van der Waals surface area (Å²) in [6.07, 6.45) is -6.07. The highest BCUT2D eigenvalue weighted by Crippen LogP contribution is 2.52. The van der Waals surface area contributed by atoms with E-state index in [-0.39, 0.29) is 36.0 Å². The Morgan fingerprint density at radius 1 is 0.625 bits per heavy atom. The minimum Gasteiger partial charge on any atom is -0.463 e. The molecule has 0 radical (unpaired) electrons. The SMILES string of the molecule is CC(C)OC(=O)[C@H](C)CP(=O)(OC[C@H]1O[C@@H](n2ccc(=O)[nH]c2=O)[C@](C)(N)[C@@H]1O)Oc1ccccc1.CC(C)OC(=O)[C@H](C)CP(=O)(OC[C@H]1O[C@@H](n2ccc(=O)[nH]c2=O)[C@](C)(N)[C@@H]1O)Oc1ccccc1. The Morgan fingerprint density at radius 3 is 1.26 bits per heavy atom. The van der Waals surface area contributed by atoms with Gasteiger partial charge in [-0.2, -0.15) is 0 Å². The second-order valence-electron chi connectivity index (χ2n) is 18.5. The molecule has 12 atom stereocenters. The summed E-state index contributed by atoms with van der Waals surface area (Å²) in [4.78, 5) is 76.3. The Hall–Kier alpha value is -5.52. The fraction of sp³-hybridized carbons (Fsp3) is 0.522. The molecule has 6 rings (SSSR count). The lowest BCUT2D eigenvalue weighted by Crippen LogP contribution is -2.53. The first-order valence-electron chi connectivity index (χ1n) is 22.9. The van der Waals surface area contributed by atoms with E-state index in [1.807, 2.05) is 0 Å². The van der Waals surface area contributed by atoms with Crippen molar-refractivity contribution in [1.29, 1.82) is 0 Å². The number of nitrogens with one attached hydrogen (secondary N) is 2. The van der Waals surface area contributed by atoms with Crippen molar-refractivity contribution in [3.8, 4) is 11.5 Å². The molecule has 72 heavy (non-hydrogen) atoms. The van der Waals surface area contributed by atoms with Gasteiger partial charge >= 0.3 is 38.5 Å². The zero-order valence-electron chi connectivity index (χ0n) is 41.1. The number of rotatable bonds is 20. The molecule has 0 spiro atoms. The number of nitrogens with two attached hydrogens (primary N) is 2. The van der Waals surface area contributed by atoms with Gasteiger partial charge < -0.3 is 49.7 Å². The van der Waals surface area contributed by atoms with Gasteiger partial charge in [0.25, 0.3) is 11.1 Å². The highest BCUT2D eigenvalue weighted by molar-refractivity contribution is 7.54. The van der Waals surface area contributed by atoms with Crippen LogP contribution in [0, 0.1) is 11.8 Å². The molecule has 0 amide bonds. The molecule has 4 heterocycles. The monoisotopic (exact) mass is 1050 g/mol. The lowest BCUT2D eigenvalue weighted by atomic mass is 9.93. The Balaban J connectivity index is 0.000000267. The van der Waals surface area contributed by atoms with Crippen LogP contribution in [-0.2, 0) is 46.7 Å². The summed E-state index contributed by atoms with van der Waals surface area (Å²) in [5.41, 5.74) is 6.90. The van der Waals surface area contributed by atoms with Gasteiger partial charge in [0.15, 0.2) is 12.5 Å². The van der Waals surface area contributed by atoms with Crippen LogP contribution in [-0.4, -0.2) is 114 Å². The van der Waals surface area contributed by atoms with Gasteiger partial charge in [-0.3, -0.25) is 47.3 Å². The first-order valence-corrected chi connectivity index (χ1v) is 26.4. The normalized spacial score (nSPS) is 26.4. The van der Waals surface area contributed by atoms with E-state index < -0.39 is 123 Å². The first-order chi connectivity index (χ1) is 33.6. The van der Waals surface area contributed by atoms with Crippen molar-refractivity contribution in [3.05, 3.63) is 127 Å². The Bertz CT molecular complexity index is 2610. The molecule has 4 aromatic rings. The largest absolute Gasteiger partial charge is 0.463 e. The molecule has 2 fully saturated rings. The summed E-state index contributed by atoms with van der Waals surface area (Å²) in [6.45, 7) is 12.0. The lowest BCUT2D eigenvalue weighted by molar-refractivity contribution is -0.152. The predicted octanol–water partition coefficient (Wildman–Crippen LogP) is 2.78. The van der Waals surface area contributed by atoms with Gasteiger partial charge in [0, 0.05) is 24.5 Å². The number of aromatic amines is 2. The molecule has 0 aliphatic carbocycles. The van der Waals surface area contributed by atoms with E-state index in [0.717, 1.165) is 21.3 Å². The van der Waals surface area contributed by atoms with E-state index in [9.17, 15) is 48.1 Å². The quantitative estimate of drug-likeness (QED) is 0.0547. The molecule has 2 saturated heterocycles. The number of carbonyl (C=O) groups is 2. The Labute approximate surface area is 413 Å². The fourth-order valence-electron chi connectivity index (χ4n) is 7.49. The maximum Gasteiger partial charge on any atom is 0.380 e. The van der Waals surface area contributed by atoms with Gasteiger partial charge in [0.1, 0.15) is 35.9 Å². The number of para-hydroxylation sites is 2. The van der Waals surface area contributed by atoms with Crippen molar-refractivity contribution < 1.29 is 66.0 Å². The topological polar surface area (TPSA) is 344 Å². The van der Waals surface area contributed by atoms with Crippen molar-refractivity contribution >= 4 is 27.1 Å².